The summed E-state index contributed by atoms with van der Waals surface area (Å²) in [5.41, 5.74) is 0. The van der Waals surface area contributed by atoms with E-state index in [1.165, 1.54) is 32.1 Å². The average Bonchev–Trinajstić information content (AvgIpc) is 2.36. The Morgan fingerprint density at radius 3 is 2.15 bits per heavy atom. The van der Waals surface area contributed by atoms with Gasteiger partial charge in [-0.3, -0.25) is 9.35 Å². The van der Waals surface area contributed by atoms with Gasteiger partial charge in [0.1, 0.15) is 0 Å². The highest BCUT2D eigenvalue weighted by Gasteiger charge is 2.04. The number of rotatable bonds is 13. The van der Waals surface area contributed by atoms with Crippen molar-refractivity contribution in [3.05, 3.63) is 0 Å². The van der Waals surface area contributed by atoms with Crippen LogP contribution < -0.4 is 5.32 Å². The summed E-state index contributed by atoms with van der Waals surface area (Å²) in [6.07, 6.45) is 9.79. The highest BCUT2D eigenvalue weighted by molar-refractivity contribution is 7.85. The quantitative estimate of drug-likeness (QED) is 0.405. The van der Waals surface area contributed by atoms with Crippen LogP contribution in [0.1, 0.15) is 71.1 Å². The Bertz CT molecular complexity index is 341. The van der Waals surface area contributed by atoms with E-state index in [4.69, 9.17) is 4.55 Å². The summed E-state index contributed by atoms with van der Waals surface area (Å²) in [5.74, 6) is -0.203. The fourth-order valence-electron chi connectivity index (χ4n) is 1.97. The molecule has 0 fully saturated rings. The first-order valence-corrected chi connectivity index (χ1v) is 9.28. The molecule has 0 saturated heterocycles. The topological polar surface area (TPSA) is 83.5 Å². The molecule has 5 nitrogen and oxygen atoms in total. The number of unbranched alkanes of at least 4 members (excludes halogenated alkanes) is 7. The van der Waals surface area contributed by atoms with Crippen LogP contribution in [-0.2, 0) is 14.9 Å². The van der Waals surface area contributed by atoms with Crippen LogP contribution in [0, 0.1) is 0 Å². The maximum atomic E-state index is 11.5. The van der Waals surface area contributed by atoms with E-state index in [2.05, 4.69) is 12.2 Å². The van der Waals surface area contributed by atoms with Crippen LogP contribution in [0.3, 0.4) is 0 Å². The summed E-state index contributed by atoms with van der Waals surface area (Å²) in [4.78, 5) is 11.5. The van der Waals surface area contributed by atoms with Crippen molar-refractivity contribution in [3.63, 3.8) is 0 Å². The summed E-state index contributed by atoms with van der Waals surface area (Å²) in [6.45, 7) is 2.67. The third-order valence-electron chi connectivity index (χ3n) is 3.16. The summed E-state index contributed by atoms with van der Waals surface area (Å²) in [7, 11) is -3.86. The van der Waals surface area contributed by atoms with E-state index >= 15 is 0 Å². The molecule has 6 heteroatoms. The van der Waals surface area contributed by atoms with Gasteiger partial charge in [-0.25, -0.2) is 0 Å². The third-order valence-corrected chi connectivity index (χ3v) is 3.96. The molecule has 0 radical (unpaired) electrons. The Balaban J connectivity index is 3.29. The zero-order valence-corrected chi connectivity index (χ0v) is 13.4. The number of nitrogens with one attached hydrogen (secondary N) is 1. The van der Waals surface area contributed by atoms with Gasteiger partial charge < -0.3 is 5.32 Å². The standard InChI is InChI=1S/C14H29NO4S/c1-2-3-4-5-6-7-8-11-14(16)15-12-9-10-13-20(17,18)19/h2-13H2,1H3,(H,15,16)(H,17,18,19). The minimum Gasteiger partial charge on any atom is -0.356 e. The number of carbonyl (C=O) groups is 1. The second-order valence-electron chi connectivity index (χ2n) is 5.21. The molecular formula is C14H29NO4S. The number of amides is 1. The summed E-state index contributed by atoms with van der Waals surface area (Å²) in [5, 5.41) is 2.76. The van der Waals surface area contributed by atoms with E-state index in [-0.39, 0.29) is 11.7 Å². The van der Waals surface area contributed by atoms with Crippen molar-refractivity contribution in [2.24, 2.45) is 0 Å². The maximum absolute atomic E-state index is 11.5. The number of hydrogen-bond acceptors (Lipinski definition) is 3. The largest absolute Gasteiger partial charge is 0.356 e. The Morgan fingerprint density at radius 1 is 0.950 bits per heavy atom. The van der Waals surface area contributed by atoms with E-state index in [0.29, 0.717) is 25.8 Å². The molecule has 0 aromatic carbocycles. The molecule has 0 saturated carbocycles. The predicted octanol–water partition coefficient (Wildman–Crippen LogP) is 2.91. The average molecular weight is 307 g/mol. The highest BCUT2D eigenvalue weighted by Crippen LogP contribution is 2.08. The Labute approximate surface area is 123 Å². The van der Waals surface area contributed by atoms with Crippen LogP contribution in [0.15, 0.2) is 0 Å². The van der Waals surface area contributed by atoms with Gasteiger partial charge in [0.05, 0.1) is 5.75 Å². The molecule has 0 aliphatic carbocycles. The Hall–Kier alpha value is -0.620. The Kier molecular flexibility index (Phi) is 11.8. The molecule has 0 aliphatic heterocycles. The van der Waals surface area contributed by atoms with Crippen molar-refractivity contribution in [2.45, 2.75) is 71.1 Å². The minimum absolute atomic E-state index is 0.0328. The maximum Gasteiger partial charge on any atom is 0.264 e. The van der Waals surface area contributed by atoms with Gasteiger partial charge in [-0.2, -0.15) is 8.42 Å². The zero-order chi connectivity index (χ0) is 15.3. The van der Waals surface area contributed by atoms with Crippen molar-refractivity contribution in [1.29, 1.82) is 0 Å². The molecule has 0 heterocycles. The second kappa shape index (κ2) is 12.1. The smallest absolute Gasteiger partial charge is 0.264 e. The first kappa shape index (κ1) is 19.4. The van der Waals surface area contributed by atoms with Crippen molar-refractivity contribution in [2.75, 3.05) is 12.3 Å². The minimum atomic E-state index is -3.86. The molecule has 0 aromatic heterocycles. The first-order valence-electron chi connectivity index (χ1n) is 7.67. The molecule has 0 aliphatic rings. The van der Waals surface area contributed by atoms with Gasteiger partial charge in [0.2, 0.25) is 5.91 Å². The molecule has 20 heavy (non-hydrogen) atoms. The van der Waals surface area contributed by atoms with Crippen molar-refractivity contribution >= 4 is 16.0 Å². The lowest BCUT2D eigenvalue weighted by molar-refractivity contribution is -0.121. The van der Waals surface area contributed by atoms with Crippen LogP contribution in [0.2, 0.25) is 0 Å². The van der Waals surface area contributed by atoms with Crippen molar-refractivity contribution in [1.82, 2.24) is 5.32 Å². The lowest BCUT2D eigenvalue weighted by Gasteiger charge is -2.05. The van der Waals surface area contributed by atoms with Gasteiger partial charge in [-0.1, -0.05) is 45.4 Å². The molecule has 0 aromatic rings. The van der Waals surface area contributed by atoms with Crippen LogP contribution in [-0.4, -0.2) is 31.2 Å². The van der Waals surface area contributed by atoms with E-state index in [1.807, 2.05) is 0 Å². The van der Waals surface area contributed by atoms with Gasteiger partial charge in [0.15, 0.2) is 0 Å². The molecule has 120 valence electrons. The number of hydrogen-bond donors (Lipinski definition) is 2. The SMILES string of the molecule is CCCCCCCCCC(=O)NCCCCS(=O)(=O)O. The predicted molar refractivity (Wildman–Crippen MR) is 81.3 cm³/mol. The Morgan fingerprint density at radius 2 is 1.55 bits per heavy atom. The van der Waals surface area contributed by atoms with E-state index in [9.17, 15) is 13.2 Å². The molecular weight excluding hydrogens is 278 g/mol. The summed E-state index contributed by atoms with van der Waals surface area (Å²) in [6, 6.07) is 0. The monoisotopic (exact) mass is 307 g/mol. The normalized spacial score (nSPS) is 11.5. The molecule has 0 atom stereocenters. The van der Waals surface area contributed by atoms with Crippen LogP contribution in [0.25, 0.3) is 0 Å². The van der Waals surface area contributed by atoms with Crippen molar-refractivity contribution < 1.29 is 17.8 Å². The fourth-order valence-corrected chi connectivity index (χ4v) is 2.54. The van der Waals surface area contributed by atoms with Crippen LogP contribution >= 0.6 is 0 Å². The summed E-state index contributed by atoms with van der Waals surface area (Å²) >= 11 is 0. The van der Waals surface area contributed by atoms with E-state index < -0.39 is 10.1 Å². The van der Waals surface area contributed by atoms with E-state index in [0.717, 1.165) is 12.8 Å². The molecule has 2 N–H and O–H groups in total. The lowest BCUT2D eigenvalue weighted by Crippen LogP contribution is -2.24. The lowest BCUT2D eigenvalue weighted by atomic mass is 10.1. The van der Waals surface area contributed by atoms with Gasteiger partial charge in [0.25, 0.3) is 10.1 Å². The molecule has 0 rings (SSSR count). The molecule has 0 unspecified atom stereocenters. The van der Waals surface area contributed by atoms with Crippen molar-refractivity contribution in [3.8, 4) is 0 Å². The molecule has 0 bridgehead atoms. The third kappa shape index (κ3) is 15.4. The van der Waals surface area contributed by atoms with E-state index in [1.54, 1.807) is 0 Å². The van der Waals surface area contributed by atoms with Gasteiger partial charge in [0, 0.05) is 13.0 Å². The second-order valence-corrected chi connectivity index (χ2v) is 6.79. The first-order chi connectivity index (χ1) is 9.45. The fraction of sp³-hybridized carbons (Fsp3) is 0.929. The van der Waals surface area contributed by atoms with Crippen LogP contribution in [0.4, 0.5) is 0 Å². The highest BCUT2D eigenvalue weighted by atomic mass is 32.2. The number of carbonyl (C=O) groups excluding carboxylic acids is 1. The van der Waals surface area contributed by atoms with Gasteiger partial charge >= 0.3 is 0 Å². The van der Waals surface area contributed by atoms with Gasteiger partial charge in [-0.15, -0.1) is 0 Å². The summed E-state index contributed by atoms with van der Waals surface area (Å²) < 4.78 is 29.5. The molecule has 0 spiro atoms. The molecule has 1 amide bonds. The van der Waals surface area contributed by atoms with Gasteiger partial charge in [-0.05, 0) is 19.3 Å². The zero-order valence-electron chi connectivity index (χ0n) is 12.6. The van der Waals surface area contributed by atoms with Crippen LogP contribution in [0.5, 0.6) is 0 Å².